The lowest BCUT2D eigenvalue weighted by molar-refractivity contribution is 0.0698. The number of amides is 1. The minimum atomic E-state index is -3.75. The Morgan fingerprint density at radius 1 is 0.938 bits per heavy atom. The molecule has 1 aliphatic carbocycles. The Morgan fingerprint density at radius 3 is 2.16 bits per heavy atom. The van der Waals surface area contributed by atoms with Gasteiger partial charge < -0.3 is 10.4 Å². The number of aromatic carboxylic acids is 1. The highest BCUT2D eigenvalue weighted by Crippen LogP contribution is 2.24. The van der Waals surface area contributed by atoms with Crippen LogP contribution in [-0.4, -0.2) is 31.4 Å². The van der Waals surface area contributed by atoms with Gasteiger partial charge in [0.2, 0.25) is 10.0 Å². The van der Waals surface area contributed by atoms with E-state index in [-0.39, 0.29) is 27.8 Å². The van der Waals surface area contributed by atoms with Crippen molar-refractivity contribution in [3.05, 3.63) is 93.5 Å². The van der Waals surface area contributed by atoms with E-state index in [1.807, 2.05) is 24.3 Å². The van der Waals surface area contributed by atoms with Crippen LogP contribution in [0.2, 0.25) is 0 Å². The highest BCUT2D eigenvalue weighted by molar-refractivity contribution is 9.10. The number of fused-ring (bicyclic) bond motifs is 1. The van der Waals surface area contributed by atoms with E-state index in [4.69, 9.17) is 0 Å². The molecule has 0 saturated carbocycles. The normalized spacial score (nSPS) is 13.5. The van der Waals surface area contributed by atoms with E-state index >= 15 is 0 Å². The molecule has 9 heteroatoms. The Kier molecular flexibility index (Phi) is 6.14. The van der Waals surface area contributed by atoms with Crippen LogP contribution in [0.1, 0.15) is 31.8 Å². The van der Waals surface area contributed by atoms with Crippen LogP contribution in [0, 0.1) is 0 Å². The van der Waals surface area contributed by atoms with Crippen LogP contribution in [0.3, 0.4) is 0 Å². The predicted octanol–water partition coefficient (Wildman–Crippen LogP) is 3.85. The molecule has 0 bridgehead atoms. The number of sulfonamides is 1. The third-order valence-corrected chi connectivity index (χ3v) is 7.29. The fourth-order valence-corrected chi connectivity index (χ4v) is 5.31. The van der Waals surface area contributed by atoms with Crippen molar-refractivity contribution in [2.45, 2.75) is 23.8 Å². The summed E-state index contributed by atoms with van der Waals surface area (Å²) in [6.45, 7) is 0. The van der Waals surface area contributed by atoms with Crippen LogP contribution in [-0.2, 0) is 22.9 Å². The van der Waals surface area contributed by atoms with Crippen molar-refractivity contribution in [2.24, 2.45) is 0 Å². The second-order valence-electron chi connectivity index (χ2n) is 7.47. The summed E-state index contributed by atoms with van der Waals surface area (Å²) in [5.41, 5.74) is 2.57. The number of nitrogens with one attached hydrogen (secondary N) is 2. The number of benzene rings is 3. The van der Waals surface area contributed by atoms with E-state index in [1.165, 1.54) is 36.4 Å². The summed E-state index contributed by atoms with van der Waals surface area (Å²) >= 11 is 3.20. The lowest BCUT2D eigenvalue weighted by Gasteiger charge is -2.13. The molecule has 0 atom stereocenters. The summed E-state index contributed by atoms with van der Waals surface area (Å²) in [5.74, 6) is -1.72. The Hall–Kier alpha value is -3.01. The third kappa shape index (κ3) is 4.74. The molecule has 0 aromatic heterocycles. The van der Waals surface area contributed by atoms with Gasteiger partial charge in [0.1, 0.15) is 0 Å². The highest BCUT2D eigenvalue weighted by Gasteiger charge is 2.26. The highest BCUT2D eigenvalue weighted by atomic mass is 79.9. The Morgan fingerprint density at radius 2 is 1.56 bits per heavy atom. The SMILES string of the molecule is O=C(Nc1ccc(Br)cc1C(=O)O)c1ccc(S(=O)(=O)NC2Cc3ccccc3C2)cc1. The summed E-state index contributed by atoms with van der Waals surface area (Å²) in [5, 5.41) is 11.9. The van der Waals surface area contributed by atoms with E-state index < -0.39 is 21.9 Å². The van der Waals surface area contributed by atoms with Gasteiger partial charge in [0.05, 0.1) is 16.1 Å². The van der Waals surface area contributed by atoms with Crippen molar-refractivity contribution >= 4 is 43.5 Å². The number of halogens is 1. The van der Waals surface area contributed by atoms with Crippen LogP contribution in [0.15, 0.2) is 76.1 Å². The molecule has 3 N–H and O–H groups in total. The molecule has 0 aliphatic heterocycles. The maximum Gasteiger partial charge on any atom is 0.337 e. The van der Waals surface area contributed by atoms with Crippen molar-refractivity contribution in [2.75, 3.05) is 5.32 Å². The van der Waals surface area contributed by atoms with Gasteiger partial charge in [0.25, 0.3) is 5.91 Å². The van der Waals surface area contributed by atoms with Crippen molar-refractivity contribution in [3.8, 4) is 0 Å². The van der Waals surface area contributed by atoms with Crippen LogP contribution >= 0.6 is 15.9 Å². The Labute approximate surface area is 193 Å². The lowest BCUT2D eigenvalue weighted by atomic mass is 10.1. The van der Waals surface area contributed by atoms with Gasteiger partial charge in [-0.2, -0.15) is 0 Å². The number of carbonyl (C=O) groups excluding carboxylic acids is 1. The molecule has 1 amide bonds. The number of carboxylic acids is 1. The maximum absolute atomic E-state index is 12.8. The standard InChI is InChI=1S/C23H19BrN2O5S/c24-17-7-10-21(20(13-17)23(28)29)25-22(27)14-5-8-19(9-6-14)32(30,31)26-18-11-15-3-1-2-4-16(15)12-18/h1-10,13,18,26H,11-12H2,(H,25,27)(H,28,29). The first kappa shape index (κ1) is 22.2. The molecule has 3 aromatic rings. The largest absolute Gasteiger partial charge is 0.478 e. The smallest absolute Gasteiger partial charge is 0.337 e. The summed E-state index contributed by atoms with van der Waals surface area (Å²) < 4.78 is 28.9. The van der Waals surface area contributed by atoms with Crippen molar-refractivity contribution in [1.29, 1.82) is 0 Å². The summed E-state index contributed by atoms with van der Waals surface area (Å²) in [6.07, 6.45) is 1.27. The predicted molar refractivity (Wildman–Crippen MR) is 123 cm³/mol. The van der Waals surface area contributed by atoms with Gasteiger partial charge in [-0.15, -0.1) is 0 Å². The van der Waals surface area contributed by atoms with Gasteiger partial charge >= 0.3 is 5.97 Å². The zero-order valence-corrected chi connectivity index (χ0v) is 19.1. The summed E-state index contributed by atoms with van der Waals surface area (Å²) in [7, 11) is -3.75. The number of hydrogen-bond acceptors (Lipinski definition) is 4. The third-order valence-electron chi connectivity index (χ3n) is 5.26. The number of rotatable bonds is 6. The van der Waals surface area contributed by atoms with E-state index in [0.717, 1.165) is 11.1 Å². The van der Waals surface area contributed by atoms with Gasteiger partial charge in [-0.3, -0.25) is 4.79 Å². The van der Waals surface area contributed by atoms with E-state index in [2.05, 4.69) is 26.0 Å². The second kappa shape index (κ2) is 8.85. The van der Waals surface area contributed by atoms with Gasteiger partial charge in [-0.1, -0.05) is 40.2 Å². The number of anilines is 1. The molecule has 0 radical (unpaired) electrons. The zero-order valence-electron chi connectivity index (χ0n) is 16.7. The number of carboxylic acid groups (broad SMARTS) is 1. The monoisotopic (exact) mass is 514 g/mol. The Bertz CT molecular complexity index is 1280. The minimum absolute atomic E-state index is 0.0554. The molecule has 0 fully saturated rings. The van der Waals surface area contributed by atoms with Gasteiger partial charge in [-0.05, 0) is 66.4 Å². The molecule has 164 valence electrons. The fraction of sp³-hybridized carbons (Fsp3) is 0.130. The first-order valence-corrected chi connectivity index (χ1v) is 12.0. The van der Waals surface area contributed by atoms with Gasteiger partial charge in [0, 0.05) is 16.1 Å². The quantitative estimate of drug-likeness (QED) is 0.462. The van der Waals surface area contributed by atoms with Crippen LogP contribution in [0.25, 0.3) is 0 Å². The van der Waals surface area contributed by atoms with Crippen LogP contribution in [0.5, 0.6) is 0 Å². The minimum Gasteiger partial charge on any atom is -0.478 e. The molecular weight excluding hydrogens is 496 g/mol. The molecule has 32 heavy (non-hydrogen) atoms. The van der Waals surface area contributed by atoms with Crippen LogP contribution < -0.4 is 10.0 Å². The number of hydrogen-bond donors (Lipinski definition) is 3. The van der Waals surface area contributed by atoms with E-state index in [0.29, 0.717) is 17.3 Å². The summed E-state index contributed by atoms with van der Waals surface area (Å²) in [6, 6.07) is 17.7. The van der Waals surface area contributed by atoms with Gasteiger partial charge in [-0.25, -0.2) is 17.9 Å². The molecule has 1 aliphatic rings. The van der Waals surface area contributed by atoms with Crippen molar-refractivity contribution in [3.63, 3.8) is 0 Å². The number of carbonyl (C=O) groups is 2. The molecule has 0 saturated heterocycles. The van der Waals surface area contributed by atoms with Crippen molar-refractivity contribution in [1.82, 2.24) is 4.72 Å². The van der Waals surface area contributed by atoms with E-state index in [9.17, 15) is 23.1 Å². The lowest BCUT2D eigenvalue weighted by Crippen LogP contribution is -2.35. The van der Waals surface area contributed by atoms with Gasteiger partial charge in [0.15, 0.2) is 0 Å². The fourth-order valence-electron chi connectivity index (χ4n) is 3.71. The zero-order chi connectivity index (χ0) is 22.9. The maximum atomic E-state index is 12.8. The van der Waals surface area contributed by atoms with Crippen molar-refractivity contribution < 1.29 is 23.1 Å². The average Bonchev–Trinajstić information content (AvgIpc) is 3.16. The molecule has 3 aromatic carbocycles. The molecule has 4 rings (SSSR count). The molecular formula is C23H19BrN2O5S. The summed E-state index contributed by atoms with van der Waals surface area (Å²) in [4.78, 5) is 24.0. The average molecular weight is 515 g/mol. The molecule has 7 nitrogen and oxygen atoms in total. The molecule has 0 heterocycles. The van der Waals surface area contributed by atoms with Crippen LogP contribution in [0.4, 0.5) is 5.69 Å². The first-order chi connectivity index (χ1) is 15.2. The Balaban J connectivity index is 1.46. The topological polar surface area (TPSA) is 113 Å². The molecule has 0 spiro atoms. The first-order valence-electron chi connectivity index (χ1n) is 9.76. The molecule has 0 unspecified atom stereocenters. The second-order valence-corrected chi connectivity index (χ2v) is 10.1. The van der Waals surface area contributed by atoms with E-state index in [1.54, 1.807) is 6.07 Å².